The Morgan fingerprint density at radius 3 is 2.21 bits per heavy atom. The van der Waals surface area contributed by atoms with Crippen molar-refractivity contribution < 1.29 is 19.0 Å². The van der Waals surface area contributed by atoms with Crippen LogP contribution in [0.4, 0.5) is 8.78 Å². The van der Waals surface area contributed by atoms with Gasteiger partial charge in [-0.1, -0.05) is 0 Å². The molecule has 0 saturated carbocycles. The van der Waals surface area contributed by atoms with Crippen molar-refractivity contribution in [3.63, 3.8) is 0 Å². The van der Waals surface area contributed by atoms with Crippen LogP contribution in [-0.2, 0) is 5.60 Å². The van der Waals surface area contributed by atoms with Crippen LogP contribution < -0.4 is 0 Å². The predicted octanol–water partition coefficient (Wildman–Crippen LogP) is 2.66. The first-order valence-electron chi connectivity index (χ1n) is 3.84. The zero-order chi connectivity index (χ0) is 11.1. The first kappa shape index (κ1) is 11.4. The normalized spacial score (nSPS) is 11.9. The van der Waals surface area contributed by atoms with Gasteiger partial charge in [-0.3, -0.25) is 0 Å². The van der Waals surface area contributed by atoms with E-state index in [1.54, 1.807) is 0 Å². The lowest BCUT2D eigenvalue weighted by Gasteiger charge is -2.19. The second-order valence-corrected chi connectivity index (χ2v) is 4.30. The van der Waals surface area contributed by atoms with Gasteiger partial charge in [-0.2, -0.15) is 4.39 Å². The smallest absolute Gasteiger partial charge is 0.201 e. The Bertz CT molecular complexity index is 372. The van der Waals surface area contributed by atoms with Crippen LogP contribution >= 0.6 is 15.9 Å². The van der Waals surface area contributed by atoms with E-state index >= 15 is 0 Å². The molecule has 2 nitrogen and oxygen atoms in total. The fourth-order valence-corrected chi connectivity index (χ4v) is 1.43. The van der Waals surface area contributed by atoms with Crippen molar-refractivity contribution in [3.8, 4) is 5.75 Å². The molecule has 5 heteroatoms. The van der Waals surface area contributed by atoms with Gasteiger partial charge in [0, 0.05) is 5.56 Å². The standard InChI is InChI=1S/C9H9BrF2O2/c1-9(2,14)4-3-5(10)8(13)7(12)6(4)11/h3,13-14H,1-2H3. The van der Waals surface area contributed by atoms with Crippen LogP contribution in [0.15, 0.2) is 10.5 Å². The molecule has 0 saturated heterocycles. The lowest BCUT2D eigenvalue weighted by atomic mass is 9.97. The lowest BCUT2D eigenvalue weighted by Crippen LogP contribution is -2.18. The van der Waals surface area contributed by atoms with Gasteiger partial charge in [-0.05, 0) is 35.8 Å². The zero-order valence-electron chi connectivity index (χ0n) is 7.61. The molecule has 2 N–H and O–H groups in total. The second-order valence-electron chi connectivity index (χ2n) is 3.44. The van der Waals surface area contributed by atoms with Gasteiger partial charge in [-0.15, -0.1) is 0 Å². The van der Waals surface area contributed by atoms with Crippen molar-refractivity contribution in [1.82, 2.24) is 0 Å². The van der Waals surface area contributed by atoms with Crippen LogP contribution in [0.2, 0.25) is 0 Å². The van der Waals surface area contributed by atoms with Gasteiger partial charge in [0.1, 0.15) is 0 Å². The summed E-state index contributed by atoms with van der Waals surface area (Å²) in [5.74, 6) is -3.40. The minimum atomic E-state index is -1.50. The molecule has 0 unspecified atom stereocenters. The van der Waals surface area contributed by atoms with Gasteiger partial charge < -0.3 is 10.2 Å². The molecule has 0 aliphatic rings. The quantitative estimate of drug-likeness (QED) is 0.768. The van der Waals surface area contributed by atoms with Crippen LogP contribution in [0.25, 0.3) is 0 Å². The second kappa shape index (κ2) is 3.47. The first-order chi connectivity index (χ1) is 6.25. The highest BCUT2D eigenvalue weighted by Gasteiger charge is 2.26. The van der Waals surface area contributed by atoms with Crippen molar-refractivity contribution in [2.45, 2.75) is 19.4 Å². The summed E-state index contributed by atoms with van der Waals surface area (Å²) in [4.78, 5) is 0. The van der Waals surface area contributed by atoms with E-state index in [1.807, 2.05) is 0 Å². The van der Waals surface area contributed by atoms with Crippen LogP contribution in [0.3, 0.4) is 0 Å². The van der Waals surface area contributed by atoms with E-state index in [9.17, 15) is 13.9 Å². The molecule has 0 aliphatic heterocycles. The van der Waals surface area contributed by atoms with Gasteiger partial charge in [-0.25, -0.2) is 4.39 Å². The highest BCUT2D eigenvalue weighted by Crippen LogP contribution is 2.34. The maximum atomic E-state index is 13.2. The molecule has 0 atom stereocenters. The Morgan fingerprint density at radius 2 is 1.79 bits per heavy atom. The van der Waals surface area contributed by atoms with Crippen molar-refractivity contribution in [2.24, 2.45) is 0 Å². The largest absolute Gasteiger partial charge is 0.504 e. The minimum Gasteiger partial charge on any atom is -0.504 e. The summed E-state index contributed by atoms with van der Waals surface area (Å²) in [6, 6.07) is 1.15. The van der Waals surface area contributed by atoms with E-state index in [1.165, 1.54) is 13.8 Å². The third kappa shape index (κ3) is 1.88. The molecule has 0 aliphatic carbocycles. The van der Waals surface area contributed by atoms with Gasteiger partial charge in [0.2, 0.25) is 5.82 Å². The first-order valence-corrected chi connectivity index (χ1v) is 4.63. The summed E-state index contributed by atoms with van der Waals surface area (Å²) in [6.07, 6.45) is 0. The minimum absolute atomic E-state index is 0.00789. The van der Waals surface area contributed by atoms with Gasteiger partial charge in [0.05, 0.1) is 10.1 Å². The number of benzene rings is 1. The number of aromatic hydroxyl groups is 1. The Morgan fingerprint density at radius 1 is 1.29 bits per heavy atom. The molecular formula is C9H9BrF2O2. The summed E-state index contributed by atoms with van der Waals surface area (Å²) in [5, 5.41) is 18.5. The van der Waals surface area contributed by atoms with E-state index < -0.39 is 23.0 Å². The fourth-order valence-electron chi connectivity index (χ4n) is 1.03. The highest BCUT2D eigenvalue weighted by atomic mass is 79.9. The summed E-state index contributed by atoms with van der Waals surface area (Å²) in [6.45, 7) is 2.66. The molecule has 1 aromatic carbocycles. The molecule has 0 spiro atoms. The average molecular weight is 267 g/mol. The number of aliphatic hydroxyl groups is 1. The SMILES string of the molecule is CC(C)(O)c1cc(Br)c(O)c(F)c1F. The number of halogens is 3. The Balaban J connectivity index is 3.49. The molecule has 0 bridgehead atoms. The average Bonchev–Trinajstić information content (AvgIpc) is 2.06. The van der Waals surface area contributed by atoms with Crippen molar-refractivity contribution >= 4 is 15.9 Å². The molecule has 0 heterocycles. The van der Waals surface area contributed by atoms with Gasteiger partial charge >= 0.3 is 0 Å². The summed E-state index contributed by atoms with van der Waals surface area (Å²) < 4.78 is 26.2. The van der Waals surface area contributed by atoms with Gasteiger partial charge in [0.15, 0.2) is 11.6 Å². The maximum absolute atomic E-state index is 13.2. The van der Waals surface area contributed by atoms with Crippen molar-refractivity contribution in [1.29, 1.82) is 0 Å². The van der Waals surface area contributed by atoms with Crippen LogP contribution in [0.5, 0.6) is 5.75 Å². The van der Waals surface area contributed by atoms with Crippen molar-refractivity contribution in [3.05, 3.63) is 27.7 Å². The lowest BCUT2D eigenvalue weighted by molar-refractivity contribution is 0.0734. The Labute approximate surface area is 88.3 Å². The molecule has 0 radical (unpaired) electrons. The van der Waals surface area contributed by atoms with E-state index in [4.69, 9.17) is 5.11 Å². The monoisotopic (exact) mass is 266 g/mol. The van der Waals surface area contributed by atoms with E-state index in [-0.39, 0.29) is 10.0 Å². The maximum Gasteiger partial charge on any atom is 0.201 e. The summed E-state index contributed by atoms with van der Waals surface area (Å²) in [5.41, 5.74) is -1.71. The third-order valence-corrected chi connectivity index (χ3v) is 2.40. The zero-order valence-corrected chi connectivity index (χ0v) is 9.19. The fraction of sp³-hybridized carbons (Fsp3) is 0.333. The van der Waals surface area contributed by atoms with E-state index in [0.717, 1.165) is 6.07 Å². The summed E-state index contributed by atoms with van der Waals surface area (Å²) in [7, 11) is 0. The predicted molar refractivity (Wildman–Crippen MR) is 51.0 cm³/mol. The third-order valence-electron chi connectivity index (χ3n) is 1.79. The topological polar surface area (TPSA) is 40.5 Å². The number of hydrogen-bond acceptors (Lipinski definition) is 2. The van der Waals surface area contributed by atoms with Crippen molar-refractivity contribution in [2.75, 3.05) is 0 Å². The molecule has 78 valence electrons. The highest BCUT2D eigenvalue weighted by molar-refractivity contribution is 9.10. The van der Waals surface area contributed by atoms with E-state index in [0.29, 0.717) is 0 Å². The number of phenols is 1. The molecule has 0 fully saturated rings. The van der Waals surface area contributed by atoms with Crippen LogP contribution in [-0.4, -0.2) is 10.2 Å². The summed E-state index contributed by atoms with van der Waals surface area (Å²) >= 11 is 2.86. The molecule has 0 amide bonds. The molecule has 1 aromatic rings. The number of phenolic OH excluding ortho intramolecular Hbond substituents is 1. The molecule has 0 aromatic heterocycles. The number of rotatable bonds is 1. The Hall–Kier alpha value is -0.680. The van der Waals surface area contributed by atoms with Crippen LogP contribution in [0.1, 0.15) is 19.4 Å². The van der Waals surface area contributed by atoms with Crippen LogP contribution in [0, 0.1) is 11.6 Å². The van der Waals surface area contributed by atoms with E-state index in [2.05, 4.69) is 15.9 Å². The van der Waals surface area contributed by atoms with Gasteiger partial charge in [0.25, 0.3) is 0 Å². The Kier molecular flexibility index (Phi) is 2.83. The molecule has 1 rings (SSSR count). The molecular weight excluding hydrogens is 258 g/mol. The number of hydrogen-bond donors (Lipinski definition) is 2. The molecule has 14 heavy (non-hydrogen) atoms.